The molecule has 0 bridgehead atoms. The molecule has 4 aromatic rings. The number of benzene rings is 2. The monoisotopic (exact) mass is 543 g/mol. The average Bonchev–Trinajstić information content (AvgIpc) is 2.95. The SMILES string of the molecule is CN(Cc1cnc2nc(N)nc(N)c2n1)c1ccc(C(=O)N[C@@H](CCCNC(=O)c2ccccc2)C(=O)O)cc1. The van der Waals surface area contributed by atoms with Gasteiger partial charge in [0.15, 0.2) is 17.0 Å². The highest BCUT2D eigenvalue weighted by Crippen LogP contribution is 2.19. The standard InChI is InChI=1S/C27H29N9O4/c1-36(15-18-14-31-23-21(32-18)22(28)34-27(29)35-23)19-11-9-17(10-12-19)25(38)33-20(26(39)40)8-5-13-30-24(37)16-6-3-2-4-7-16/h2-4,6-7,9-12,14,20H,5,8,13,15H2,1H3,(H,30,37)(H,33,38)(H,39,40)(H4,28,29,31,34,35)/t20-/m0/s1. The lowest BCUT2D eigenvalue weighted by atomic mass is 10.1. The van der Waals surface area contributed by atoms with Crippen LogP contribution in [0.2, 0.25) is 0 Å². The van der Waals surface area contributed by atoms with E-state index in [9.17, 15) is 19.5 Å². The molecule has 0 unspecified atom stereocenters. The van der Waals surface area contributed by atoms with Crippen molar-refractivity contribution in [2.45, 2.75) is 25.4 Å². The summed E-state index contributed by atoms with van der Waals surface area (Å²) in [6.07, 6.45) is 2.11. The van der Waals surface area contributed by atoms with E-state index in [0.717, 1.165) is 5.69 Å². The third kappa shape index (κ3) is 6.95. The maximum atomic E-state index is 12.7. The van der Waals surface area contributed by atoms with E-state index in [1.165, 1.54) is 0 Å². The summed E-state index contributed by atoms with van der Waals surface area (Å²) in [6, 6.07) is 14.3. The first-order chi connectivity index (χ1) is 19.2. The normalized spacial score (nSPS) is 11.5. The zero-order chi connectivity index (χ0) is 28.6. The van der Waals surface area contributed by atoms with Gasteiger partial charge in [-0.3, -0.25) is 9.59 Å². The molecule has 0 spiro atoms. The molecule has 0 radical (unpaired) electrons. The summed E-state index contributed by atoms with van der Waals surface area (Å²) in [5, 5.41) is 14.9. The van der Waals surface area contributed by atoms with E-state index in [1.54, 1.807) is 54.7 Å². The van der Waals surface area contributed by atoms with Crippen molar-refractivity contribution in [1.29, 1.82) is 0 Å². The molecule has 13 nitrogen and oxygen atoms in total. The Morgan fingerprint density at radius 2 is 1.65 bits per heavy atom. The van der Waals surface area contributed by atoms with Gasteiger partial charge in [-0.1, -0.05) is 18.2 Å². The van der Waals surface area contributed by atoms with Crippen LogP contribution in [0.3, 0.4) is 0 Å². The van der Waals surface area contributed by atoms with Crippen LogP contribution in [0.5, 0.6) is 0 Å². The summed E-state index contributed by atoms with van der Waals surface area (Å²) in [4.78, 5) is 55.1. The molecule has 0 aliphatic heterocycles. The number of hydrogen-bond acceptors (Lipinski definition) is 10. The minimum absolute atomic E-state index is 0.0234. The second-order valence-electron chi connectivity index (χ2n) is 9.03. The lowest BCUT2D eigenvalue weighted by Gasteiger charge is -2.19. The number of aromatic nitrogens is 4. The fourth-order valence-electron chi connectivity index (χ4n) is 3.96. The number of hydrogen-bond donors (Lipinski definition) is 5. The van der Waals surface area contributed by atoms with E-state index in [4.69, 9.17) is 11.5 Å². The van der Waals surface area contributed by atoms with Gasteiger partial charge in [-0.25, -0.2) is 14.8 Å². The Morgan fingerprint density at radius 1 is 0.950 bits per heavy atom. The summed E-state index contributed by atoms with van der Waals surface area (Å²) in [7, 11) is 1.85. The van der Waals surface area contributed by atoms with Crippen molar-refractivity contribution in [2.75, 3.05) is 30.0 Å². The van der Waals surface area contributed by atoms with Gasteiger partial charge in [0.2, 0.25) is 5.95 Å². The number of carbonyl (C=O) groups is 3. The number of rotatable bonds is 11. The number of nitrogens with zero attached hydrogens (tertiary/aromatic N) is 5. The van der Waals surface area contributed by atoms with Gasteiger partial charge in [0.05, 0.1) is 18.4 Å². The summed E-state index contributed by atoms with van der Waals surface area (Å²) < 4.78 is 0. The van der Waals surface area contributed by atoms with Crippen LogP contribution in [-0.4, -0.2) is 62.5 Å². The number of aliphatic carboxylic acids is 1. The van der Waals surface area contributed by atoms with Gasteiger partial charge in [0.1, 0.15) is 6.04 Å². The molecular formula is C27H29N9O4. The number of fused-ring (bicyclic) bond motifs is 1. The van der Waals surface area contributed by atoms with Crippen LogP contribution >= 0.6 is 0 Å². The van der Waals surface area contributed by atoms with Gasteiger partial charge in [-0.05, 0) is 49.2 Å². The fraction of sp³-hybridized carbons (Fsp3) is 0.222. The Bertz CT molecular complexity index is 1510. The second kappa shape index (κ2) is 12.5. The lowest BCUT2D eigenvalue weighted by Crippen LogP contribution is -2.41. The van der Waals surface area contributed by atoms with Crippen molar-refractivity contribution in [1.82, 2.24) is 30.6 Å². The highest BCUT2D eigenvalue weighted by Gasteiger charge is 2.20. The number of nitrogens with two attached hydrogens (primary N) is 2. The van der Waals surface area contributed by atoms with Crippen molar-refractivity contribution in [3.8, 4) is 0 Å². The maximum absolute atomic E-state index is 12.7. The van der Waals surface area contributed by atoms with E-state index >= 15 is 0 Å². The molecule has 2 aromatic heterocycles. The molecular weight excluding hydrogens is 514 g/mol. The molecule has 206 valence electrons. The van der Waals surface area contributed by atoms with Crippen molar-refractivity contribution >= 4 is 46.4 Å². The van der Waals surface area contributed by atoms with Gasteiger partial charge in [0.25, 0.3) is 11.8 Å². The molecule has 0 aliphatic carbocycles. The Kier molecular flexibility index (Phi) is 8.64. The van der Waals surface area contributed by atoms with Crippen molar-refractivity contribution in [3.05, 3.63) is 77.6 Å². The van der Waals surface area contributed by atoms with Gasteiger partial charge in [0, 0.05) is 30.4 Å². The lowest BCUT2D eigenvalue weighted by molar-refractivity contribution is -0.139. The number of nitrogens with one attached hydrogen (secondary N) is 2. The molecule has 0 saturated heterocycles. The zero-order valence-electron chi connectivity index (χ0n) is 21.7. The Hall–Kier alpha value is -5.33. The van der Waals surface area contributed by atoms with Gasteiger partial charge in [-0.15, -0.1) is 0 Å². The van der Waals surface area contributed by atoms with Crippen molar-refractivity contribution < 1.29 is 19.5 Å². The molecule has 13 heteroatoms. The van der Waals surface area contributed by atoms with Crippen LogP contribution in [0, 0.1) is 0 Å². The molecule has 2 heterocycles. The molecule has 0 fully saturated rings. The van der Waals surface area contributed by atoms with Crippen LogP contribution in [0.4, 0.5) is 17.5 Å². The molecule has 1 atom stereocenters. The van der Waals surface area contributed by atoms with E-state index in [1.807, 2.05) is 18.0 Å². The van der Waals surface area contributed by atoms with Gasteiger partial charge >= 0.3 is 5.97 Å². The summed E-state index contributed by atoms with van der Waals surface area (Å²) >= 11 is 0. The largest absolute Gasteiger partial charge is 0.480 e. The number of carboxylic acid groups (broad SMARTS) is 1. The van der Waals surface area contributed by atoms with Gasteiger partial charge < -0.3 is 32.1 Å². The topological polar surface area (TPSA) is 202 Å². The van der Waals surface area contributed by atoms with E-state index in [-0.39, 0.29) is 30.6 Å². The smallest absolute Gasteiger partial charge is 0.326 e. The summed E-state index contributed by atoms with van der Waals surface area (Å²) in [6.45, 7) is 0.671. The minimum Gasteiger partial charge on any atom is -0.480 e. The number of amides is 2. The first kappa shape index (κ1) is 27.7. The first-order valence-corrected chi connectivity index (χ1v) is 12.4. The third-order valence-electron chi connectivity index (χ3n) is 6.07. The van der Waals surface area contributed by atoms with Crippen LogP contribution in [-0.2, 0) is 11.3 Å². The molecule has 0 saturated carbocycles. The summed E-state index contributed by atoms with van der Waals surface area (Å²) in [5.74, 6) is -1.73. The number of anilines is 3. The quantitative estimate of drug-likeness (QED) is 0.172. The van der Waals surface area contributed by atoms with Crippen molar-refractivity contribution in [2.24, 2.45) is 0 Å². The first-order valence-electron chi connectivity index (χ1n) is 12.4. The number of nitrogen functional groups attached to an aromatic ring is 2. The van der Waals surface area contributed by atoms with E-state index in [2.05, 4.69) is 30.6 Å². The van der Waals surface area contributed by atoms with Crippen molar-refractivity contribution in [3.63, 3.8) is 0 Å². The molecule has 7 N–H and O–H groups in total. The highest BCUT2D eigenvalue weighted by atomic mass is 16.4. The Labute approximate surface area is 229 Å². The zero-order valence-corrected chi connectivity index (χ0v) is 21.7. The fourth-order valence-corrected chi connectivity index (χ4v) is 3.96. The third-order valence-corrected chi connectivity index (χ3v) is 6.07. The van der Waals surface area contributed by atoms with Crippen LogP contribution in [0.15, 0.2) is 60.8 Å². The maximum Gasteiger partial charge on any atom is 0.326 e. The molecule has 0 aliphatic rings. The Morgan fingerprint density at radius 3 is 2.35 bits per heavy atom. The number of carbonyl (C=O) groups excluding carboxylic acids is 2. The highest BCUT2D eigenvalue weighted by molar-refractivity contribution is 5.97. The molecule has 2 aromatic carbocycles. The molecule has 40 heavy (non-hydrogen) atoms. The Balaban J connectivity index is 1.30. The number of carboxylic acids is 1. The van der Waals surface area contributed by atoms with E-state index in [0.29, 0.717) is 41.0 Å². The van der Waals surface area contributed by atoms with Gasteiger partial charge in [-0.2, -0.15) is 9.97 Å². The predicted octanol–water partition coefficient (Wildman–Crippen LogP) is 1.61. The molecule has 4 rings (SSSR count). The average molecular weight is 544 g/mol. The summed E-state index contributed by atoms with van der Waals surface area (Å²) in [5.41, 5.74) is 14.4. The van der Waals surface area contributed by atoms with E-state index < -0.39 is 17.9 Å². The van der Waals surface area contributed by atoms with Crippen LogP contribution in [0.1, 0.15) is 39.3 Å². The second-order valence-corrected chi connectivity index (χ2v) is 9.03. The van der Waals surface area contributed by atoms with Crippen LogP contribution in [0.25, 0.3) is 11.2 Å². The minimum atomic E-state index is -1.15. The molecule has 2 amide bonds. The predicted molar refractivity (Wildman–Crippen MR) is 149 cm³/mol. The van der Waals surface area contributed by atoms with Crippen LogP contribution < -0.4 is 27.0 Å².